The Morgan fingerprint density at radius 3 is 2.57 bits per heavy atom. The molecule has 0 N–H and O–H groups in total. The summed E-state index contributed by atoms with van der Waals surface area (Å²) < 4.78 is 0. The second-order valence-electron chi connectivity index (χ2n) is 1.07. The van der Waals surface area contributed by atoms with Gasteiger partial charge in [-0.15, -0.1) is 10.6 Å². The van der Waals surface area contributed by atoms with Crippen LogP contribution in [0.25, 0.3) is 0 Å². The van der Waals surface area contributed by atoms with Crippen molar-refractivity contribution in [1.29, 1.82) is 0 Å². The number of allylic oxidation sites excluding steroid dienone is 1. The second-order valence-corrected chi connectivity index (χ2v) is 1.07. The van der Waals surface area contributed by atoms with E-state index in [1.807, 2.05) is 6.92 Å². The van der Waals surface area contributed by atoms with Gasteiger partial charge in [0.05, 0.1) is 0 Å². The van der Waals surface area contributed by atoms with Gasteiger partial charge in [-0.1, -0.05) is 13.5 Å². The molecule has 0 aromatic carbocycles. The van der Waals surface area contributed by atoms with E-state index in [9.17, 15) is 4.91 Å². The fourth-order valence-electron chi connectivity index (χ4n) is 0.222. The van der Waals surface area contributed by atoms with Crippen molar-refractivity contribution in [3.05, 3.63) is 22.9 Å². The highest BCUT2D eigenvalue weighted by Crippen LogP contribution is 1.95. The zero-order valence-corrected chi connectivity index (χ0v) is 4.27. The molecule has 0 rings (SSSR count). The average molecular weight is 97.1 g/mol. The van der Waals surface area contributed by atoms with Gasteiger partial charge in [0.15, 0.2) is 0 Å². The predicted octanol–water partition coefficient (Wildman–Crippen LogP) is 1.83. The van der Waals surface area contributed by atoms with Gasteiger partial charge in [0, 0.05) is 0 Å². The van der Waals surface area contributed by atoms with Crippen LogP contribution in [0.2, 0.25) is 0 Å². The maximum Gasteiger partial charge on any atom is 0.126 e. The molecule has 0 aliphatic heterocycles. The summed E-state index contributed by atoms with van der Waals surface area (Å²) >= 11 is 0. The molecule has 0 bridgehead atoms. The number of nitrogens with zero attached hydrogens (tertiary/aromatic N) is 1. The maximum absolute atomic E-state index is 9.58. The molecule has 0 atom stereocenters. The Balaban J connectivity index is 3.86. The molecule has 38 valence electrons. The van der Waals surface area contributed by atoms with E-state index in [2.05, 4.69) is 17.5 Å². The molecule has 0 heterocycles. The first-order chi connectivity index (χ1) is 3.35. The lowest BCUT2D eigenvalue weighted by Crippen LogP contribution is -1.64. The fourth-order valence-corrected chi connectivity index (χ4v) is 0.222. The van der Waals surface area contributed by atoms with Gasteiger partial charge >= 0.3 is 0 Å². The summed E-state index contributed by atoms with van der Waals surface area (Å²) in [5.41, 5.74) is 2.78. The molecule has 2 heteroatoms. The van der Waals surface area contributed by atoms with Crippen LogP contribution in [-0.4, -0.2) is 0 Å². The summed E-state index contributed by atoms with van der Waals surface area (Å²) in [7, 11) is 0. The van der Waals surface area contributed by atoms with E-state index in [0.717, 1.165) is 0 Å². The van der Waals surface area contributed by atoms with Crippen LogP contribution in [0.3, 0.4) is 0 Å². The van der Waals surface area contributed by atoms with Gasteiger partial charge in [-0.3, -0.25) is 0 Å². The summed E-state index contributed by atoms with van der Waals surface area (Å²) in [5.74, 6) is 0. The van der Waals surface area contributed by atoms with E-state index in [4.69, 9.17) is 0 Å². The zero-order chi connectivity index (χ0) is 5.70. The monoisotopic (exact) mass is 97.1 g/mol. The lowest BCUT2D eigenvalue weighted by Gasteiger charge is -1.77. The lowest BCUT2D eigenvalue weighted by molar-refractivity contribution is 1.07. The first-order valence-electron chi connectivity index (χ1n) is 2.07. The molecule has 7 heavy (non-hydrogen) atoms. The number of hydrogen-bond acceptors (Lipinski definition) is 2. The van der Waals surface area contributed by atoms with Crippen LogP contribution in [0, 0.1) is 4.91 Å². The Hall–Kier alpha value is -0.880. The predicted molar refractivity (Wildman–Crippen MR) is 28.7 cm³/mol. The van der Waals surface area contributed by atoms with Crippen molar-refractivity contribution in [3.63, 3.8) is 0 Å². The highest BCUT2D eigenvalue weighted by Gasteiger charge is 1.83. The van der Waals surface area contributed by atoms with Gasteiger partial charge in [-0.25, -0.2) is 0 Å². The van der Waals surface area contributed by atoms with Crippen LogP contribution in [0.1, 0.15) is 13.3 Å². The average Bonchev–Trinajstić information content (AvgIpc) is 1.72. The Morgan fingerprint density at radius 1 is 2.00 bits per heavy atom. The molecule has 0 aliphatic rings. The van der Waals surface area contributed by atoms with Crippen LogP contribution < -0.4 is 0 Å². The Labute approximate surface area is 42.5 Å². The third kappa shape index (κ3) is 1.90. The Kier molecular flexibility index (Phi) is 2.90. The van der Waals surface area contributed by atoms with Crippen molar-refractivity contribution >= 4 is 0 Å². The van der Waals surface area contributed by atoms with Crippen molar-refractivity contribution in [2.24, 2.45) is 5.18 Å². The first-order valence-corrected chi connectivity index (χ1v) is 2.07. The normalized spacial score (nSPS) is 7.00. The van der Waals surface area contributed by atoms with Crippen LogP contribution in [0.15, 0.2) is 23.2 Å². The second kappa shape index (κ2) is 3.32. The van der Waals surface area contributed by atoms with E-state index in [-0.39, 0.29) is 0 Å². The first kappa shape index (κ1) is 6.12. The zero-order valence-electron chi connectivity index (χ0n) is 4.27. The van der Waals surface area contributed by atoms with Gasteiger partial charge in [-0.05, 0) is 11.6 Å². The van der Waals surface area contributed by atoms with Crippen LogP contribution in [-0.2, 0) is 0 Å². The van der Waals surface area contributed by atoms with Crippen LogP contribution in [0.5, 0.6) is 0 Å². The summed E-state index contributed by atoms with van der Waals surface area (Å²) in [6.07, 6.45) is 0.618. The fraction of sp³-hybridized carbons (Fsp3) is 0.400. The molecule has 0 spiro atoms. The van der Waals surface area contributed by atoms with Gasteiger partial charge < -0.3 is 0 Å². The van der Waals surface area contributed by atoms with Gasteiger partial charge in [0.1, 0.15) is 5.70 Å². The quantitative estimate of drug-likeness (QED) is 0.381. The largest absolute Gasteiger partial charge is 0.144 e. The van der Waals surface area contributed by atoms with E-state index in [1.165, 1.54) is 0 Å². The van der Waals surface area contributed by atoms with E-state index >= 15 is 0 Å². The molecule has 0 aliphatic carbocycles. The molecule has 0 saturated carbocycles. The molecule has 2 nitrogen and oxygen atoms in total. The molecule has 0 unspecified atom stereocenters. The minimum Gasteiger partial charge on any atom is -0.144 e. The lowest BCUT2D eigenvalue weighted by atomic mass is 10.4. The van der Waals surface area contributed by atoms with E-state index < -0.39 is 0 Å². The summed E-state index contributed by atoms with van der Waals surface area (Å²) in [6.45, 7) is 5.08. The standard InChI is InChI=1S/C5H7NO/c1-3-5(4-2)6-7/h1,4H2,2H3. The molecule has 0 saturated heterocycles. The molecule has 0 aromatic heterocycles. The molecular formula is C5H7NO. The summed E-state index contributed by atoms with van der Waals surface area (Å²) in [6, 6.07) is 0. The highest BCUT2D eigenvalue weighted by molar-refractivity contribution is 4.94. The third-order valence-electron chi connectivity index (χ3n) is 0.649. The highest BCUT2D eigenvalue weighted by atomic mass is 16.3. The van der Waals surface area contributed by atoms with Crippen molar-refractivity contribution in [2.75, 3.05) is 0 Å². The van der Waals surface area contributed by atoms with Crippen LogP contribution in [0.4, 0.5) is 0 Å². The summed E-state index contributed by atoms with van der Waals surface area (Å²) in [5, 5.41) is 2.62. The van der Waals surface area contributed by atoms with E-state index in [0.29, 0.717) is 12.1 Å². The Morgan fingerprint density at radius 2 is 2.57 bits per heavy atom. The van der Waals surface area contributed by atoms with Gasteiger partial charge in [0.2, 0.25) is 0 Å². The Bertz CT molecular complexity index is 111. The topological polar surface area (TPSA) is 29.4 Å². The molecular weight excluding hydrogens is 90.1 g/mol. The minimum atomic E-state index is 0.389. The maximum atomic E-state index is 9.58. The number of hydrogen-bond donors (Lipinski definition) is 0. The van der Waals surface area contributed by atoms with Crippen molar-refractivity contribution < 1.29 is 0 Å². The molecule has 0 aromatic rings. The molecule has 0 radical (unpaired) electrons. The third-order valence-corrected chi connectivity index (χ3v) is 0.649. The van der Waals surface area contributed by atoms with Crippen molar-refractivity contribution in [3.8, 4) is 0 Å². The van der Waals surface area contributed by atoms with Crippen molar-refractivity contribution in [2.45, 2.75) is 13.3 Å². The van der Waals surface area contributed by atoms with Gasteiger partial charge in [0.25, 0.3) is 0 Å². The number of nitroso groups, excluding NO2 is 1. The van der Waals surface area contributed by atoms with E-state index in [1.54, 1.807) is 0 Å². The van der Waals surface area contributed by atoms with Crippen LogP contribution >= 0.6 is 0 Å². The SMILES string of the molecule is C=C=C(CC)N=O. The summed E-state index contributed by atoms with van der Waals surface area (Å²) in [4.78, 5) is 9.58. The molecule has 0 fully saturated rings. The smallest absolute Gasteiger partial charge is 0.126 e. The number of rotatable bonds is 2. The minimum absolute atomic E-state index is 0.389. The van der Waals surface area contributed by atoms with Crippen molar-refractivity contribution in [1.82, 2.24) is 0 Å². The molecule has 0 amide bonds. The van der Waals surface area contributed by atoms with Gasteiger partial charge in [-0.2, -0.15) is 0 Å².